The van der Waals surface area contributed by atoms with Crippen LogP contribution >= 0.6 is 0 Å². The van der Waals surface area contributed by atoms with Gasteiger partial charge in [-0.25, -0.2) is 0 Å². The van der Waals surface area contributed by atoms with Crippen molar-refractivity contribution in [1.29, 1.82) is 0 Å². The van der Waals surface area contributed by atoms with Gasteiger partial charge in [-0.1, -0.05) is 0 Å². The lowest BCUT2D eigenvalue weighted by Gasteiger charge is -2.17. The molecule has 2 rings (SSSR count). The van der Waals surface area contributed by atoms with E-state index in [1.165, 1.54) is 0 Å². The first-order valence-electron chi connectivity index (χ1n) is 4.00. The Hall–Kier alpha value is -0.870. The molecule has 1 aliphatic heterocycles. The Morgan fingerprint density at radius 1 is 1.75 bits per heavy atom. The normalized spacial score (nSPS) is 29.5. The van der Waals surface area contributed by atoms with Crippen LogP contribution in [-0.2, 0) is 17.4 Å². The summed E-state index contributed by atoms with van der Waals surface area (Å²) < 4.78 is 6.82. The quantitative estimate of drug-likeness (QED) is 0.643. The third-order valence-corrected chi connectivity index (χ3v) is 2.24. The Morgan fingerprint density at radius 2 is 2.58 bits per heavy atom. The molecule has 2 heterocycles. The Labute approximate surface area is 70.8 Å². The standard InChI is InChI=1S/C8H12N2O2/c1-10-5-7(4-9-10)8(11)2-3-12-6-8/h4-5,11H,2-3,6H2,1H3. The maximum Gasteiger partial charge on any atom is 0.118 e. The molecule has 1 N–H and O–H groups in total. The second kappa shape index (κ2) is 2.57. The summed E-state index contributed by atoms with van der Waals surface area (Å²) in [7, 11) is 1.84. The number of hydrogen-bond donors (Lipinski definition) is 1. The molecule has 1 aromatic rings. The van der Waals surface area contributed by atoms with Crippen molar-refractivity contribution in [2.75, 3.05) is 13.2 Å². The van der Waals surface area contributed by atoms with Gasteiger partial charge in [0.25, 0.3) is 0 Å². The number of rotatable bonds is 1. The summed E-state index contributed by atoms with van der Waals surface area (Å²) in [5.74, 6) is 0. The van der Waals surface area contributed by atoms with Crippen LogP contribution in [0.1, 0.15) is 12.0 Å². The highest BCUT2D eigenvalue weighted by Crippen LogP contribution is 2.29. The van der Waals surface area contributed by atoms with E-state index >= 15 is 0 Å². The second-order valence-corrected chi connectivity index (χ2v) is 3.24. The minimum Gasteiger partial charge on any atom is -0.383 e. The lowest BCUT2D eigenvalue weighted by Crippen LogP contribution is -2.24. The molecule has 0 spiro atoms. The Kier molecular flexibility index (Phi) is 1.66. The van der Waals surface area contributed by atoms with Gasteiger partial charge in [0.05, 0.1) is 12.8 Å². The molecule has 4 heteroatoms. The van der Waals surface area contributed by atoms with Crippen molar-refractivity contribution in [2.24, 2.45) is 7.05 Å². The zero-order valence-electron chi connectivity index (χ0n) is 7.03. The van der Waals surface area contributed by atoms with Crippen molar-refractivity contribution in [3.63, 3.8) is 0 Å². The number of aromatic nitrogens is 2. The van der Waals surface area contributed by atoms with E-state index in [2.05, 4.69) is 5.10 Å². The molecule has 1 aromatic heterocycles. The number of aryl methyl sites for hydroxylation is 1. The van der Waals surface area contributed by atoms with Gasteiger partial charge >= 0.3 is 0 Å². The first-order chi connectivity index (χ1) is 5.71. The number of nitrogens with zero attached hydrogens (tertiary/aromatic N) is 2. The molecular weight excluding hydrogens is 156 g/mol. The predicted molar refractivity (Wildman–Crippen MR) is 42.5 cm³/mol. The molecule has 4 nitrogen and oxygen atoms in total. The van der Waals surface area contributed by atoms with Crippen LogP contribution < -0.4 is 0 Å². The summed E-state index contributed by atoms with van der Waals surface area (Å²) >= 11 is 0. The van der Waals surface area contributed by atoms with Crippen LogP contribution in [0.2, 0.25) is 0 Å². The van der Waals surface area contributed by atoms with E-state index < -0.39 is 5.60 Å². The molecule has 0 bridgehead atoms. The van der Waals surface area contributed by atoms with Crippen LogP contribution in [0.4, 0.5) is 0 Å². The molecule has 12 heavy (non-hydrogen) atoms. The van der Waals surface area contributed by atoms with Crippen LogP contribution in [0.15, 0.2) is 12.4 Å². The monoisotopic (exact) mass is 168 g/mol. The zero-order valence-corrected chi connectivity index (χ0v) is 7.03. The van der Waals surface area contributed by atoms with Gasteiger partial charge in [-0.3, -0.25) is 4.68 Å². The minimum atomic E-state index is -0.797. The highest BCUT2D eigenvalue weighted by atomic mass is 16.5. The molecule has 1 unspecified atom stereocenters. The van der Waals surface area contributed by atoms with Gasteiger partial charge < -0.3 is 9.84 Å². The third kappa shape index (κ3) is 1.13. The van der Waals surface area contributed by atoms with Gasteiger partial charge in [0.2, 0.25) is 0 Å². The van der Waals surface area contributed by atoms with Gasteiger partial charge in [-0.2, -0.15) is 5.10 Å². The van der Waals surface area contributed by atoms with Crippen LogP contribution in [0, 0.1) is 0 Å². The fourth-order valence-corrected chi connectivity index (χ4v) is 1.44. The van der Waals surface area contributed by atoms with E-state index in [1.807, 2.05) is 13.2 Å². The van der Waals surface area contributed by atoms with Crippen LogP contribution in [0.25, 0.3) is 0 Å². The zero-order chi connectivity index (χ0) is 8.60. The lowest BCUT2D eigenvalue weighted by atomic mass is 9.97. The van der Waals surface area contributed by atoms with Crippen molar-refractivity contribution in [2.45, 2.75) is 12.0 Å². The van der Waals surface area contributed by atoms with E-state index in [9.17, 15) is 5.11 Å². The van der Waals surface area contributed by atoms with Gasteiger partial charge in [-0.05, 0) is 0 Å². The van der Waals surface area contributed by atoms with Gasteiger partial charge in [-0.15, -0.1) is 0 Å². The molecule has 0 radical (unpaired) electrons. The Bertz CT molecular complexity index is 276. The van der Waals surface area contributed by atoms with Gasteiger partial charge in [0.15, 0.2) is 0 Å². The average molecular weight is 168 g/mol. The van der Waals surface area contributed by atoms with Crippen LogP contribution in [0.5, 0.6) is 0 Å². The Balaban J connectivity index is 2.28. The number of ether oxygens (including phenoxy) is 1. The molecule has 1 atom stereocenters. The molecule has 66 valence electrons. The van der Waals surface area contributed by atoms with E-state index in [0.717, 1.165) is 5.56 Å². The summed E-state index contributed by atoms with van der Waals surface area (Å²) in [5, 5.41) is 14.0. The van der Waals surface area contributed by atoms with E-state index in [4.69, 9.17) is 4.74 Å². The number of hydrogen-bond acceptors (Lipinski definition) is 3. The average Bonchev–Trinajstić information content (AvgIpc) is 2.59. The van der Waals surface area contributed by atoms with E-state index in [0.29, 0.717) is 19.6 Å². The highest BCUT2D eigenvalue weighted by Gasteiger charge is 2.35. The molecule has 1 saturated heterocycles. The highest BCUT2D eigenvalue weighted by molar-refractivity contribution is 5.16. The van der Waals surface area contributed by atoms with Crippen molar-refractivity contribution in [3.8, 4) is 0 Å². The molecule has 0 saturated carbocycles. The van der Waals surface area contributed by atoms with Crippen molar-refractivity contribution in [3.05, 3.63) is 18.0 Å². The fraction of sp³-hybridized carbons (Fsp3) is 0.625. The fourth-order valence-electron chi connectivity index (χ4n) is 1.44. The van der Waals surface area contributed by atoms with E-state index in [-0.39, 0.29) is 0 Å². The second-order valence-electron chi connectivity index (χ2n) is 3.24. The van der Waals surface area contributed by atoms with Crippen LogP contribution in [-0.4, -0.2) is 28.1 Å². The van der Waals surface area contributed by atoms with Crippen molar-refractivity contribution >= 4 is 0 Å². The smallest absolute Gasteiger partial charge is 0.118 e. The largest absolute Gasteiger partial charge is 0.383 e. The minimum absolute atomic E-state index is 0.388. The Morgan fingerprint density at radius 3 is 3.08 bits per heavy atom. The van der Waals surface area contributed by atoms with Crippen molar-refractivity contribution < 1.29 is 9.84 Å². The topological polar surface area (TPSA) is 47.3 Å². The first-order valence-corrected chi connectivity index (χ1v) is 4.00. The third-order valence-electron chi connectivity index (χ3n) is 2.24. The molecule has 0 amide bonds. The molecule has 1 aliphatic rings. The van der Waals surface area contributed by atoms with Crippen molar-refractivity contribution in [1.82, 2.24) is 9.78 Å². The van der Waals surface area contributed by atoms with Gasteiger partial charge in [0, 0.05) is 31.8 Å². The maximum absolute atomic E-state index is 10.00. The SMILES string of the molecule is Cn1cc(C2(O)CCOC2)cn1. The number of aliphatic hydroxyl groups is 1. The van der Waals surface area contributed by atoms with Crippen LogP contribution in [0.3, 0.4) is 0 Å². The predicted octanol–water partition coefficient (Wildman–Crippen LogP) is 0.0280. The summed E-state index contributed by atoms with van der Waals surface area (Å²) in [4.78, 5) is 0. The summed E-state index contributed by atoms with van der Waals surface area (Å²) in [6, 6.07) is 0. The molecule has 0 aliphatic carbocycles. The maximum atomic E-state index is 10.00. The first kappa shape index (κ1) is 7.76. The van der Waals surface area contributed by atoms with Gasteiger partial charge in [0.1, 0.15) is 5.60 Å². The molecule has 1 fully saturated rings. The van der Waals surface area contributed by atoms with E-state index in [1.54, 1.807) is 10.9 Å². The molecular formula is C8H12N2O2. The summed E-state index contributed by atoms with van der Waals surface area (Å²) in [5.41, 5.74) is 0.0522. The summed E-state index contributed by atoms with van der Waals surface area (Å²) in [6.07, 6.45) is 4.18. The summed E-state index contributed by atoms with van der Waals surface area (Å²) in [6.45, 7) is 1.02. The molecule has 0 aromatic carbocycles. The lowest BCUT2D eigenvalue weighted by molar-refractivity contribution is 0.0231.